The van der Waals surface area contributed by atoms with Crippen LogP contribution in [0.1, 0.15) is 6.92 Å². The van der Waals surface area contributed by atoms with E-state index in [2.05, 4.69) is 9.97 Å². The van der Waals surface area contributed by atoms with Crippen molar-refractivity contribution in [2.75, 3.05) is 25.1 Å². The first-order valence-electron chi connectivity index (χ1n) is 5.62. The zero-order valence-corrected chi connectivity index (χ0v) is 10.2. The Morgan fingerprint density at radius 3 is 3.06 bits per heavy atom. The van der Waals surface area contributed by atoms with Gasteiger partial charge in [-0.15, -0.1) is 0 Å². The molecule has 0 atom stereocenters. The van der Waals surface area contributed by atoms with E-state index >= 15 is 0 Å². The normalized spacial score (nSPS) is 10.6. The van der Waals surface area contributed by atoms with Crippen LogP contribution in [0.5, 0.6) is 0 Å². The lowest BCUT2D eigenvalue weighted by Crippen LogP contribution is -2.27. The number of esters is 1. The molecular weight excluding hydrogens is 237 g/mol. The highest BCUT2D eigenvalue weighted by Gasteiger charge is 2.12. The maximum absolute atomic E-state index is 13.0. The highest BCUT2D eigenvalue weighted by Crippen LogP contribution is 2.17. The zero-order valence-electron chi connectivity index (χ0n) is 10.2. The van der Waals surface area contributed by atoms with E-state index in [1.54, 1.807) is 24.9 Å². The van der Waals surface area contributed by atoms with Crippen molar-refractivity contribution < 1.29 is 13.9 Å². The number of hydrogen-bond donors (Lipinski definition) is 1. The van der Waals surface area contributed by atoms with Gasteiger partial charge in [0.1, 0.15) is 12.4 Å². The first-order chi connectivity index (χ1) is 8.60. The monoisotopic (exact) mass is 251 g/mol. The molecule has 1 N–H and O–H groups in total. The van der Waals surface area contributed by atoms with Crippen molar-refractivity contribution in [2.45, 2.75) is 6.92 Å². The van der Waals surface area contributed by atoms with Gasteiger partial charge in [0.25, 0.3) is 0 Å². The molecule has 0 saturated carbocycles. The van der Waals surface area contributed by atoms with Crippen LogP contribution in [0.25, 0.3) is 11.0 Å². The molecule has 0 aliphatic carbocycles. The summed E-state index contributed by atoms with van der Waals surface area (Å²) in [6.45, 7) is 2.19. The predicted molar refractivity (Wildman–Crippen MR) is 66.0 cm³/mol. The molecule has 0 fully saturated rings. The highest BCUT2D eigenvalue weighted by molar-refractivity contribution is 5.79. The van der Waals surface area contributed by atoms with Gasteiger partial charge in [0.2, 0.25) is 5.95 Å². The molecule has 2 aromatic rings. The molecule has 0 aliphatic heterocycles. The van der Waals surface area contributed by atoms with Crippen LogP contribution in [0.15, 0.2) is 18.2 Å². The number of H-pyrrole nitrogens is 1. The van der Waals surface area contributed by atoms with Gasteiger partial charge in [-0.3, -0.25) is 4.79 Å². The van der Waals surface area contributed by atoms with Crippen molar-refractivity contribution in [3.8, 4) is 0 Å². The van der Waals surface area contributed by atoms with Gasteiger partial charge >= 0.3 is 5.97 Å². The van der Waals surface area contributed by atoms with Gasteiger partial charge in [-0.05, 0) is 25.1 Å². The number of nitrogens with one attached hydrogen (secondary N) is 1. The summed E-state index contributed by atoms with van der Waals surface area (Å²) in [6, 6.07) is 4.30. The second kappa shape index (κ2) is 5.03. The fourth-order valence-electron chi connectivity index (χ4n) is 1.62. The third-order valence-electron chi connectivity index (χ3n) is 2.46. The molecule has 0 radical (unpaired) electrons. The summed E-state index contributed by atoms with van der Waals surface area (Å²) in [4.78, 5) is 20.2. The van der Waals surface area contributed by atoms with E-state index in [1.807, 2.05) is 0 Å². The number of benzene rings is 1. The lowest BCUT2D eigenvalue weighted by molar-refractivity contribution is -0.141. The number of imidazole rings is 1. The van der Waals surface area contributed by atoms with Gasteiger partial charge in [0, 0.05) is 7.05 Å². The Morgan fingerprint density at radius 1 is 1.56 bits per heavy atom. The van der Waals surface area contributed by atoms with Crippen LogP contribution in [0, 0.1) is 5.82 Å². The van der Waals surface area contributed by atoms with Crippen molar-refractivity contribution in [1.82, 2.24) is 9.97 Å². The van der Waals surface area contributed by atoms with Crippen LogP contribution in [0.4, 0.5) is 10.3 Å². The second-order valence-corrected chi connectivity index (χ2v) is 3.88. The van der Waals surface area contributed by atoms with Crippen LogP contribution in [-0.2, 0) is 9.53 Å². The minimum absolute atomic E-state index is 0.0934. The summed E-state index contributed by atoms with van der Waals surface area (Å²) in [5.74, 6) is -0.152. The Labute approximate surface area is 104 Å². The number of carbonyl (C=O) groups excluding carboxylic acids is 1. The highest BCUT2D eigenvalue weighted by atomic mass is 19.1. The molecule has 2 rings (SSSR count). The van der Waals surface area contributed by atoms with Crippen molar-refractivity contribution in [1.29, 1.82) is 0 Å². The van der Waals surface area contributed by atoms with Gasteiger partial charge in [-0.25, -0.2) is 9.37 Å². The number of aromatic nitrogens is 2. The van der Waals surface area contributed by atoms with Gasteiger partial charge < -0.3 is 14.6 Å². The maximum Gasteiger partial charge on any atom is 0.325 e. The Morgan fingerprint density at radius 2 is 2.33 bits per heavy atom. The molecule has 0 spiro atoms. The molecule has 0 bridgehead atoms. The molecule has 5 nitrogen and oxygen atoms in total. The van der Waals surface area contributed by atoms with Gasteiger partial charge in [0.05, 0.1) is 17.6 Å². The summed E-state index contributed by atoms with van der Waals surface area (Å²) in [5.41, 5.74) is 1.25. The van der Waals surface area contributed by atoms with Gasteiger partial charge in [-0.1, -0.05) is 0 Å². The molecule has 96 valence electrons. The van der Waals surface area contributed by atoms with E-state index < -0.39 is 0 Å². The number of rotatable bonds is 4. The number of likely N-dealkylation sites (N-methyl/N-ethyl adjacent to an activating group) is 1. The molecule has 18 heavy (non-hydrogen) atoms. The second-order valence-electron chi connectivity index (χ2n) is 3.88. The standard InChI is InChI=1S/C12H14FN3O2/c1-3-18-11(17)7-16(2)12-14-9-5-4-8(13)6-10(9)15-12/h4-6H,3,7H2,1-2H3,(H,14,15). The molecular formula is C12H14FN3O2. The number of carbonyl (C=O) groups is 1. The van der Waals surface area contributed by atoms with Crippen molar-refractivity contribution >= 4 is 23.0 Å². The van der Waals surface area contributed by atoms with Crippen LogP contribution in [-0.4, -0.2) is 36.1 Å². The topological polar surface area (TPSA) is 58.2 Å². The van der Waals surface area contributed by atoms with Crippen LogP contribution < -0.4 is 4.90 Å². The first kappa shape index (κ1) is 12.3. The van der Waals surface area contributed by atoms with E-state index in [0.29, 0.717) is 23.6 Å². The van der Waals surface area contributed by atoms with Gasteiger partial charge in [-0.2, -0.15) is 0 Å². The third kappa shape index (κ3) is 2.58. The summed E-state index contributed by atoms with van der Waals surface area (Å²) >= 11 is 0. The van der Waals surface area contributed by atoms with Gasteiger partial charge in [0.15, 0.2) is 0 Å². The fourth-order valence-corrected chi connectivity index (χ4v) is 1.62. The van der Waals surface area contributed by atoms with E-state index in [-0.39, 0.29) is 18.3 Å². The third-order valence-corrected chi connectivity index (χ3v) is 2.46. The fraction of sp³-hybridized carbons (Fsp3) is 0.333. The Balaban J connectivity index is 2.17. The summed E-state index contributed by atoms with van der Waals surface area (Å²) < 4.78 is 17.9. The number of nitrogens with zero attached hydrogens (tertiary/aromatic N) is 2. The number of halogens is 1. The molecule has 0 saturated heterocycles. The first-order valence-corrected chi connectivity index (χ1v) is 5.62. The Bertz CT molecular complexity index is 567. The molecule has 1 aromatic carbocycles. The molecule has 0 unspecified atom stereocenters. The zero-order chi connectivity index (χ0) is 13.1. The van der Waals surface area contributed by atoms with Crippen molar-refractivity contribution in [3.05, 3.63) is 24.0 Å². The predicted octanol–water partition coefficient (Wildman–Crippen LogP) is 1.70. The number of aromatic amines is 1. The molecule has 1 aromatic heterocycles. The Hall–Kier alpha value is -2.11. The van der Waals surface area contributed by atoms with E-state index in [1.165, 1.54) is 12.1 Å². The Kier molecular flexibility index (Phi) is 3.45. The van der Waals surface area contributed by atoms with Crippen LogP contribution in [0.2, 0.25) is 0 Å². The molecule has 1 heterocycles. The van der Waals surface area contributed by atoms with Crippen molar-refractivity contribution in [2.24, 2.45) is 0 Å². The SMILES string of the molecule is CCOC(=O)CN(C)c1nc2ccc(F)cc2[nH]1. The average Bonchev–Trinajstić information content (AvgIpc) is 2.72. The quantitative estimate of drug-likeness (QED) is 0.840. The number of ether oxygens (including phenoxy) is 1. The van der Waals surface area contributed by atoms with E-state index in [9.17, 15) is 9.18 Å². The lowest BCUT2D eigenvalue weighted by Gasteiger charge is -2.14. The largest absolute Gasteiger partial charge is 0.465 e. The van der Waals surface area contributed by atoms with Crippen molar-refractivity contribution in [3.63, 3.8) is 0 Å². The minimum atomic E-state index is -0.328. The maximum atomic E-state index is 13.0. The summed E-state index contributed by atoms with van der Waals surface area (Å²) in [7, 11) is 1.71. The van der Waals surface area contributed by atoms with Crippen LogP contribution in [0.3, 0.4) is 0 Å². The molecule has 0 amide bonds. The molecule has 6 heteroatoms. The van der Waals surface area contributed by atoms with E-state index in [4.69, 9.17) is 4.74 Å². The molecule has 0 aliphatic rings. The van der Waals surface area contributed by atoms with E-state index in [0.717, 1.165) is 0 Å². The summed E-state index contributed by atoms with van der Waals surface area (Å²) in [6.07, 6.45) is 0. The smallest absolute Gasteiger partial charge is 0.325 e. The number of hydrogen-bond acceptors (Lipinski definition) is 4. The minimum Gasteiger partial charge on any atom is -0.465 e. The average molecular weight is 251 g/mol. The summed E-state index contributed by atoms with van der Waals surface area (Å²) in [5, 5.41) is 0. The lowest BCUT2D eigenvalue weighted by atomic mass is 10.3. The number of fused-ring (bicyclic) bond motifs is 1. The number of anilines is 1. The van der Waals surface area contributed by atoms with Crippen LogP contribution >= 0.6 is 0 Å².